The smallest absolute Gasteiger partial charge is 0.339 e. The molecule has 0 amide bonds. The summed E-state index contributed by atoms with van der Waals surface area (Å²) in [6.07, 6.45) is 3.82. The maximum Gasteiger partial charge on any atom is 0.339 e. The minimum absolute atomic E-state index is 0.212. The van der Waals surface area contributed by atoms with Crippen molar-refractivity contribution in [2.24, 2.45) is 0 Å². The highest BCUT2D eigenvalue weighted by atomic mass is 16.5. The summed E-state index contributed by atoms with van der Waals surface area (Å²) in [6, 6.07) is 11.8. The Labute approximate surface area is 161 Å². The third kappa shape index (κ3) is 3.71. The van der Waals surface area contributed by atoms with Crippen LogP contribution in [-0.4, -0.2) is 24.3 Å². The Morgan fingerprint density at radius 3 is 2.29 bits per heavy atom. The molecule has 0 atom stereocenters. The van der Waals surface area contributed by atoms with Crippen LogP contribution < -0.4 is 15.1 Å². The van der Waals surface area contributed by atoms with Gasteiger partial charge in [-0.15, -0.1) is 0 Å². The standard InChI is InChI=1S/C22H20O6/c23-21(24)14-5-7-15(8-6-14)26-11-12-27-16-9-10-18-17-3-1-2-4-19(17)22(25)28-20(18)13-16/h5-10,13H,1-4,11-12H2,(H,23,24). The third-order valence-corrected chi connectivity index (χ3v) is 4.92. The zero-order chi connectivity index (χ0) is 19.5. The number of fused-ring (bicyclic) bond motifs is 3. The van der Waals surface area contributed by atoms with Gasteiger partial charge in [0, 0.05) is 17.0 Å². The van der Waals surface area contributed by atoms with Crippen LogP contribution in [0.5, 0.6) is 11.5 Å². The fourth-order valence-corrected chi connectivity index (χ4v) is 3.53. The SMILES string of the molecule is O=C(O)c1ccc(OCCOc2ccc3c4c(c(=O)oc3c2)CCCC4)cc1. The maximum absolute atomic E-state index is 12.2. The number of rotatable bonds is 6. The van der Waals surface area contributed by atoms with Crippen molar-refractivity contribution in [3.63, 3.8) is 0 Å². The van der Waals surface area contributed by atoms with Crippen LogP contribution in [0.1, 0.15) is 34.3 Å². The van der Waals surface area contributed by atoms with Crippen LogP contribution in [0.3, 0.4) is 0 Å². The van der Waals surface area contributed by atoms with Crippen molar-refractivity contribution in [1.29, 1.82) is 0 Å². The first-order chi connectivity index (χ1) is 13.6. The fourth-order valence-electron chi connectivity index (χ4n) is 3.53. The minimum atomic E-state index is -0.973. The van der Waals surface area contributed by atoms with Crippen molar-refractivity contribution in [2.75, 3.05) is 13.2 Å². The first-order valence-electron chi connectivity index (χ1n) is 9.29. The minimum Gasteiger partial charge on any atom is -0.490 e. The molecule has 0 fully saturated rings. The van der Waals surface area contributed by atoms with Gasteiger partial charge in [-0.05, 0) is 67.6 Å². The molecule has 0 saturated carbocycles. The lowest BCUT2D eigenvalue weighted by atomic mass is 9.91. The molecule has 6 nitrogen and oxygen atoms in total. The second-order valence-corrected chi connectivity index (χ2v) is 6.74. The predicted octanol–water partition coefficient (Wildman–Crippen LogP) is 3.83. The molecule has 6 heteroatoms. The number of ether oxygens (including phenoxy) is 2. The number of carboxylic acid groups (broad SMARTS) is 1. The molecule has 0 radical (unpaired) electrons. The Kier molecular flexibility index (Phi) is 5.02. The van der Waals surface area contributed by atoms with Gasteiger partial charge in [0.1, 0.15) is 30.3 Å². The van der Waals surface area contributed by atoms with E-state index in [-0.39, 0.29) is 11.2 Å². The van der Waals surface area contributed by atoms with Gasteiger partial charge >= 0.3 is 11.6 Å². The normalized spacial score (nSPS) is 13.1. The molecule has 1 N–H and O–H groups in total. The van der Waals surface area contributed by atoms with Crippen molar-refractivity contribution in [1.82, 2.24) is 0 Å². The number of carbonyl (C=O) groups is 1. The van der Waals surface area contributed by atoms with E-state index in [4.69, 9.17) is 19.0 Å². The summed E-state index contributed by atoms with van der Waals surface area (Å²) in [4.78, 5) is 23.0. The lowest BCUT2D eigenvalue weighted by molar-refractivity contribution is 0.0697. The molecule has 0 aliphatic heterocycles. The van der Waals surface area contributed by atoms with Gasteiger partial charge in [0.15, 0.2) is 0 Å². The van der Waals surface area contributed by atoms with Crippen LogP contribution in [0.25, 0.3) is 11.0 Å². The van der Waals surface area contributed by atoms with Crippen LogP contribution in [-0.2, 0) is 12.8 Å². The van der Waals surface area contributed by atoms with Gasteiger partial charge in [0.2, 0.25) is 0 Å². The second-order valence-electron chi connectivity index (χ2n) is 6.74. The van der Waals surface area contributed by atoms with Crippen LogP contribution in [0.4, 0.5) is 0 Å². The molecule has 28 heavy (non-hydrogen) atoms. The Morgan fingerprint density at radius 2 is 1.57 bits per heavy atom. The largest absolute Gasteiger partial charge is 0.490 e. The molecule has 1 aliphatic rings. The molecule has 1 heterocycles. The highest BCUT2D eigenvalue weighted by Gasteiger charge is 2.18. The first-order valence-corrected chi connectivity index (χ1v) is 9.29. The van der Waals surface area contributed by atoms with Crippen LogP contribution >= 0.6 is 0 Å². The number of hydrogen-bond donors (Lipinski definition) is 1. The second kappa shape index (κ2) is 7.76. The van der Waals surface area contributed by atoms with Crippen molar-refractivity contribution in [2.45, 2.75) is 25.7 Å². The van der Waals surface area contributed by atoms with Crippen LogP contribution in [0.15, 0.2) is 51.7 Å². The molecule has 0 spiro atoms. The summed E-state index contributed by atoms with van der Waals surface area (Å²) in [6.45, 7) is 0.611. The van der Waals surface area contributed by atoms with E-state index < -0.39 is 5.97 Å². The third-order valence-electron chi connectivity index (χ3n) is 4.92. The number of carboxylic acids is 1. The fraction of sp³-hybridized carbons (Fsp3) is 0.273. The molecule has 1 aliphatic carbocycles. The van der Waals surface area contributed by atoms with E-state index in [0.29, 0.717) is 30.3 Å². The molecule has 2 aromatic carbocycles. The van der Waals surface area contributed by atoms with E-state index in [1.807, 2.05) is 12.1 Å². The molecular formula is C22H20O6. The van der Waals surface area contributed by atoms with E-state index >= 15 is 0 Å². The predicted molar refractivity (Wildman–Crippen MR) is 104 cm³/mol. The lowest BCUT2D eigenvalue weighted by Crippen LogP contribution is -2.15. The number of hydrogen-bond acceptors (Lipinski definition) is 5. The maximum atomic E-state index is 12.2. The monoisotopic (exact) mass is 380 g/mol. The number of aryl methyl sites for hydroxylation is 1. The zero-order valence-electron chi connectivity index (χ0n) is 15.3. The van der Waals surface area contributed by atoms with Crippen LogP contribution in [0.2, 0.25) is 0 Å². The Balaban J connectivity index is 1.40. The summed E-state index contributed by atoms with van der Waals surface area (Å²) in [5, 5.41) is 9.87. The van der Waals surface area contributed by atoms with E-state index in [0.717, 1.165) is 42.2 Å². The van der Waals surface area contributed by atoms with Crippen molar-refractivity contribution in [3.8, 4) is 11.5 Å². The first kappa shape index (κ1) is 18.1. The summed E-state index contributed by atoms with van der Waals surface area (Å²) < 4.78 is 16.7. The van der Waals surface area contributed by atoms with Gasteiger partial charge in [-0.2, -0.15) is 0 Å². The van der Waals surface area contributed by atoms with E-state index in [1.54, 1.807) is 18.2 Å². The Bertz CT molecular complexity index is 1060. The Hall–Kier alpha value is -3.28. The summed E-state index contributed by atoms with van der Waals surface area (Å²) in [5.41, 5.74) is 2.44. The highest BCUT2D eigenvalue weighted by molar-refractivity contribution is 5.87. The van der Waals surface area contributed by atoms with Crippen molar-refractivity contribution < 1.29 is 23.8 Å². The molecule has 0 saturated heterocycles. The average Bonchev–Trinajstić information content (AvgIpc) is 2.71. The molecule has 1 aromatic heterocycles. The summed E-state index contributed by atoms with van der Waals surface area (Å²) in [5.74, 6) is 0.208. The molecule has 144 valence electrons. The van der Waals surface area contributed by atoms with E-state index in [2.05, 4.69) is 0 Å². The van der Waals surface area contributed by atoms with Gasteiger partial charge in [0.05, 0.1) is 5.56 Å². The Morgan fingerprint density at radius 1 is 0.929 bits per heavy atom. The molecular weight excluding hydrogens is 360 g/mol. The molecule has 3 aromatic rings. The lowest BCUT2D eigenvalue weighted by Gasteiger charge is -2.16. The average molecular weight is 380 g/mol. The van der Waals surface area contributed by atoms with Crippen molar-refractivity contribution in [3.05, 3.63) is 69.6 Å². The number of benzene rings is 2. The van der Waals surface area contributed by atoms with Gasteiger partial charge in [0.25, 0.3) is 0 Å². The van der Waals surface area contributed by atoms with E-state index in [1.165, 1.54) is 12.1 Å². The summed E-state index contributed by atoms with van der Waals surface area (Å²) >= 11 is 0. The topological polar surface area (TPSA) is 86.0 Å². The van der Waals surface area contributed by atoms with Gasteiger partial charge in [-0.3, -0.25) is 0 Å². The van der Waals surface area contributed by atoms with Gasteiger partial charge in [-0.1, -0.05) is 0 Å². The quantitative estimate of drug-likeness (QED) is 0.517. The summed E-state index contributed by atoms with van der Waals surface area (Å²) in [7, 11) is 0. The molecule has 4 rings (SSSR count). The molecule has 0 unspecified atom stereocenters. The highest BCUT2D eigenvalue weighted by Crippen LogP contribution is 2.29. The van der Waals surface area contributed by atoms with Gasteiger partial charge in [-0.25, -0.2) is 9.59 Å². The van der Waals surface area contributed by atoms with Gasteiger partial charge < -0.3 is 19.0 Å². The van der Waals surface area contributed by atoms with Crippen molar-refractivity contribution >= 4 is 16.9 Å². The van der Waals surface area contributed by atoms with Crippen LogP contribution in [0, 0.1) is 0 Å². The molecule has 0 bridgehead atoms. The number of aromatic carboxylic acids is 1. The van der Waals surface area contributed by atoms with E-state index in [9.17, 15) is 9.59 Å². The zero-order valence-corrected chi connectivity index (χ0v) is 15.3.